The highest BCUT2D eigenvalue weighted by atomic mass is 16.5. The van der Waals surface area contributed by atoms with Crippen molar-refractivity contribution >= 4 is 23.5 Å². The number of para-hydroxylation sites is 1. The highest BCUT2D eigenvalue weighted by Crippen LogP contribution is 2.38. The summed E-state index contributed by atoms with van der Waals surface area (Å²) in [5.74, 6) is -0.867. The van der Waals surface area contributed by atoms with E-state index < -0.39 is 5.91 Å². The summed E-state index contributed by atoms with van der Waals surface area (Å²) < 4.78 is 5.02. The molecule has 1 saturated carbocycles. The van der Waals surface area contributed by atoms with Gasteiger partial charge in [-0.05, 0) is 30.0 Å². The van der Waals surface area contributed by atoms with Gasteiger partial charge in [-0.2, -0.15) is 0 Å². The van der Waals surface area contributed by atoms with Crippen molar-refractivity contribution in [3.63, 3.8) is 0 Å². The molecule has 0 spiro atoms. The van der Waals surface area contributed by atoms with Crippen molar-refractivity contribution in [1.82, 2.24) is 5.32 Å². The van der Waals surface area contributed by atoms with Gasteiger partial charge in [0.2, 0.25) is 0 Å². The molecule has 0 heterocycles. The van der Waals surface area contributed by atoms with E-state index in [2.05, 4.69) is 10.6 Å². The molecular formula is C21H22N2O4. The first-order valence-corrected chi connectivity index (χ1v) is 8.92. The number of carbonyl (C=O) groups is 3. The summed E-state index contributed by atoms with van der Waals surface area (Å²) in [6, 6.07) is 16.3. The van der Waals surface area contributed by atoms with Crippen LogP contribution in [-0.4, -0.2) is 24.4 Å². The average Bonchev–Trinajstić information content (AvgIpc) is 3.42. The highest BCUT2D eigenvalue weighted by molar-refractivity contribution is 6.04. The molecule has 2 amide bonds. The highest BCUT2D eigenvalue weighted by Gasteiger charge is 2.40. The number of nitrogens with one attached hydrogen (secondary N) is 2. The van der Waals surface area contributed by atoms with Gasteiger partial charge in [0.1, 0.15) is 0 Å². The predicted molar refractivity (Wildman–Crippen MR) is 101 cm³/mol. The lowest BCUT2D eigenvalue weighted by molar-refractivity contribution is -0.148. The van der Waals surface area contributed by atoms with Gasteiger partial charge < -0.3 is 15.4 Å². The number of amides is 2. The molecule has 0 aliphatic heterocycles. The largest absolute Gasteiger partial charge is 0.455 e. The van der Waals surface area contributed by atoms with E-state index in [4.69, 9.17) is 4.74 Å². The zero-order chi connectivity index (χ0) is 19.2. The molecule has 2 aromatic rings. The van der Waals surface area contributed by atoms with Crippen molar-refractivity contribution in [3.8, 4) is 0 Å². The Labute approximate surface area is 157 Å². The second-order valence-electron chi connectivity index (χ2n) is 6.69. The predicted octanol–water partition coefficient (Wildman–Crippen LogP) is 2.75. The van der Waals surface area contributed by atoms with Crippen molar-refractivity contribution in [1.29, 1.82) is 0 Å². The Kier molecular flexibility index (Phi) is 5.86. The Morgan fingerprint density at radius 2 is 1.70 bits per heavy atom. The monoisotopic (exact) mass is 366 g/mol. The van der Waals surface area contributed by atoms with Gasteiger partial charge in [0.15, 0.2) is 6.61 Å². The lowest BCUT2D eigenvalue weighted by Gasteiger charge is -2.12. The first kappa shape index (κ1) is 18.6. The zero-order valence-corrected chi connectivity index (χ0v) is 15.1. The van der Waals surface area contributed by atoms with Crippen molar-refractivity contribution < 1.29 is 19.1 Å². The third kappa shape index (κ3) is 5.17. The quantitative estimate of drug-likeness (QED) is 0.738. The van der Waals surface area contributed by atoms with Gasteiger partial charge in [-0.15, -0.1) is 0 Å². The van der Waals surface area contributed by atoms with Crippen LogP contribution in [0.1, 0.15) is 29.3 Å². The van der Waals surface area contributed by atoms with Crippen LogP contribution in [0.15, 0.2) is 54.6 Å². The molecule has 0 bridgehead atoms. The Morgan fingerprint density at radius 1 is 1.04 bits per heavy atom. The number of rotatable bonds is 7. The van der Waals surface area contributed by atoms with E-state index >= 15 is 0 Å². The van der Waals surface area contributed by atoms with Crippen molar-refractivity contribution in [2.45, 2.75) is 19.9 Å². The molecule has 2 N–H and O–H groups in total. The first-order chi connectivity index (χ1) is 13.0. The van der Waals surface area contributed by atoms with E-state index in [9.17, 15) is 14.4 Å². The Morgan fingerprint density at radius 3 is 2.41 bits per heavy atom. The molecular weight excluding hydrogens is 344 g/mol. The molecule has 1 aliphatic carbocycles. The lowest BCUT2D eigenvalue weighted by Crippen LogP contribution is -2.26. The summed E-state index contributed by atoms with van der Waals surface area (Å²) >= 11 is 0. The molecule has 0 unspecified atom stereocenters. The maximum Gasteiger partial charge on any atom is 0.309 e. The molecule has 27 heavy (non-hydrogen) atoms. The van der Waals surface area contributed by atoms with Gasteiger partial charge in [-0.3, -0.25) is 14.4 Å². The second kappa shape index (κ2) is 8.49. The number of ether oxygens (including phenoxy) is 1. The Hall–Kier alpha value is -3.15. The summed E-state index contributed by atoms with van der Waals surface area (Å²) in [5, 5.41) is 5.47. The van der Waals surface area contributed by atoms with Crippen molar-refractivity contribution in [2.24, 2.45) is 11.8 Å². The van der Waals surface area contributed by atoms with Gasteiger partial charge >= 0.3 is 5.97 Å². The van der Waals surface area contributed by atoms with Crippen LogP contribution in [0.3, 0.4) is 0 Å². The molecule has 1 fully saturated rings. The maximum absolute atomic E-state index is 12.5. The van der Waals surface area contributed by atoms with Gasteiger partial charge in [0.25, 0.3) is 11.8 Å². The minimum atomic E-state index is -0.472. The first-order valence-electron chi connectivity index (χ1n) is 8.92. The summed E-state index contributed by atoms with van der Waals surface area (Å²) in [6.45, 7) is 2.00. The molecule has 6 nitrogen and oxygen atoms in total. The summed E-state index contributed by atoms with van der Waals surface area (Å²) in [6.07, 6.45) is 0.810. The van der Waals surface area contributed by atoms with Gasteiger partial charge in [0.05, 0.1) is 17.2 Å². The van der Waals surface area contributed by atoms with Crippen LogP contribution in [0, 0.1) is 11.8 Å². The fraction of sp³-hybridized carbons (Fsp3) is 0.286. The van der Waals surface area contributed by atoms with Crippen LogP contribution < -0.4 is 10.6 Å². The number of esters is 1. The smallest absolute Gasteiger partial charge is 0.309 e. The molecule has 1 aliphatic rings. The molecule has 0 aromatic heterocycles. The summed E-state index contributed by atoms with van der Waals surface area (Å²) in [4.78, 5) is 36.2. The van der Waals surface area contributed by atoms with Crippen LogP contribution in [-0.2, 0) is 20.9 Å². The Balaban J connectivity index is 1.55. The van der Waals surface area contributed by atoms with Crippen LogP contribution in [0.2, 0.25) is 0 Å². The minimum absolute atomic E-state index is 0.0890. The normalized spacial score (nSPS) is 17.7. The van der Waals surface area contributed by atoms with Crippen LogP contribution in [0.25, 0.3) is 0 Å². The fourth-order valence-electron chi connectivity index (χ4n) is 2.74. The summed E-state index contributed by atoms with van der Waals surface area (Å²) in [5.41, 5.74) is 1.71. The topological polar surface area (TPSA) is 84.5 Å². The van der Waals surface area contributed by atoms with Crippen LogP contribution >= 0.6 is 0 Å². The van der Waals surface area contributed by atoms with E-state index in [1.165, 1.54) is 0 Å². The molecule has 2 atom stereocenters. The zero-order valence-electron chi connectivity index (χ0n) is 15.1. The maximum atomic E-state index is 12.5. The number of anilines is 1. The van der Waals surface area contributed by atoms with Crippen molar-refractivity contribution in [3.05, 3.63) is 65.7 Å². The number of carbonyl (C=O) groups excluding carboxylic acids is 3. The number of hydrogen-bond acceptors (Lipinski definition) is 4. The van der Waals surface area contributed by atoms with Crippen molar-refractivity contribution in [2.75, 3.05) is 11.9 Å². The molecule has 0 saturated heterocycles. The average molecular weight is 366 g/mol. The van der Waals surface area contributed by atoms with E-state index in [1.54, 1.807) is 24.3 Å². The van der Waals surface area contributed by atoms with E-state index in [0.717, 1.165) is 12.0 Å². The van der Waals surface area contributed by atoms with E-state index in [1.807, 2.05) is 37.3 Å². The second-order valence-corrected chi connectivity index (χ2v) is 6.69. The van der Waals surface area contributed by atoms with E-state index in [-0.39, 0.29) is 24.4 Å². The fourth-order valence-corrected chi connectivity index (χ4v) is 2.74. The lowest BCUT2D eigenvalue weighted by atomic mass is 10.1. The molecule has 6 heteroatoms. The molecule has 140 valence electrons. The van der Waals surface area contributed by atoms with Gasteiger partial charge in [0, 0.05) is 6.54 Å². The SMILES string of the molecule is C[C@H]1C[C@@H]1C(=O)OCC(=O)Nc1ccccc1C(=O)NCc1ccccc1. The van der Waals surface area contributed by atoms with Crippen LogP contribution in [0.5, 0.6) is 0 Å². The number of benzene rings is 2. The third-order valence-electron chi connectivity index (χ3n) is 4.50. The van der Waals surface area contributed by atoms with Gasteiger partial charge in [-0.1, -0.05) is 49.4 Å². The van der Waals surface area contributed by atoms with Gasteiger partial charge in [-0.25, -0.2) is 0 Å². The Bertz CT molecular complexity index is 835. The van der Waals surface area contributed by atoms with E-state index in [0.29, 0.717) is 23.7 Å². The minimum Gasteiger partial charge on any atom is -0.455 e. The molecule has 0 radical (unpaired) electrons. The van der Waals surface area contributed by atoms with Crippen LogP contribution in [0.4, 0.5) is 5.69 Å². The molecule has 2 aromatic carbocycles. The number of hydrogen-bond donors (Lipinski definition) is 2. The summed E-state index contributed by atoms with van der Waals surface area (Å²) in [7, 11) is 0. The standard InChI is InChI=1S/C21H22N2O4/c1-14-11-17(14)21(26)27-13-19(24)23-18-10-6-5-9-16(18)20(25)22-12-15-7-3-2-4-8-15/h2-10,14,17H,11-13H2,1H3,(H,22,25)(H,23,24)/t14-,17-/m0/s1. The molecule has 3 rings (SSSR count). The third-order valence-corrected chi connectivity index (χ3v) is 4.50.